The third kappa shape index (κ3) is 2.84. The summed E-state index contributed by atoms with van der Waals surface area (Å²) in [6.45, 7) is 0.201. The summed E-state index contributed by atoms with van der Waals surface area (Å²) in [7, 11) is 1.99. The zero-order valence-corrected chi connectivity index (χ0v) is 12.4. The first-order chi connectivity index (χ1) is 10.1. The number of nitrogens with one attached hydrogen (secondary N) is 1. The Kier molecular flexibility index (Phi) is 3.77. The summed E-state index contributed by atoms with van der Waals surface area (Å²) in [6, 6.07) is 9.60. The van der Waals surface area contributed by atoms with Crippen LogP contribution in [0.1, 0.15) is 22.0 Å². The Morgan fingerprint density at radius 2 is 2.24 bits per heavy atom. The van der Waals surface area contributed by atoms with Gasteiger partial charge in [0.15, 0.2) is 0 Å². The molecule has 0 unspecified atom stereocenters. The van der Waals surface area contributed by atoms with Crippen LogP contribution < -0.4 is 5.32 Å². The van der Waals surface area contributed by atoms with Crippen molar-refractivity contribution < 1.29 is 9.90 Å². The van der Waals surface area contributed by atoms with E-state index in [1.807, 2.05) is 47.5 Å². The van der Waals surface area contributed by atoms with E-state index < -0.39 is 6.10 Å². The minimum absolute atomic E-state index is 0.156. The maximum atomic E-state index is 11.8. The molecule has 2 N–H and O–H groups in total. The fourth-order valence-electron chi connectivity index (χ4n) is 2.31. The maximum Gasteiger partial charge on any atom is 0.252 e. The summed E-state index contributed by atoms with van der Waals surface area (Å²) in [5, 5.41) is 17.7. The minimum Gasteiger partial charge on any atom is -0.387 e. The summed E-state index contributed by atoms with van der Waals surface area (Å²) >= 11 is 1.48. The largest absolute Gasteiger partial charge is 0.387 e. The van der Waals surface area contributed by atoms with Crippen molar-refractivity contribution in [1.29, 1.82) is 0 Å². The van der Waals surface area contributed by atoms with E-state index in [4.69, 9.17) is 0 Å². The third-order valence-corrected chi connectivity index (χ3v) is 4.22. The van der Waals surface area contributed by atoms with Gasteiger partial charge in [-0.05, 0) is 40.6 Å². The fourth-order valence-corrected chi connectivity index (χ4v) is 2.95. The molecule has 0 aliphatic rings. The van der Waals surface area contributed by atoms with E-state index in [9.17, 15) is 9.90 Å². The van der Waals surface area contributed by atoms with Crippen LogP contribution in [0, 0.1) is 0 Å². The molecular weight excluding hydrogens is 284 g/mol. The predicted molar refractivity (Wildman–Crippen MR) is 84.5 cm³/mol. The van der Waals surface area contributed by atoms with Crippen LogP contribution in [0.25, 0.3) is 10.9 Å². The van der Waals surface area contributed by atoms with Crippen molar-refractivity contribution in [3.05, 3.63) is 58.4 Å². The highest BCUT2D eigenvalue weighted by atomic mass is 32.1. The van der Waals surface area contributed by atoms with Gasteiger partial charge in [0, 0.05) is 36.2 Å². The van der Waals surface area contributed by atoms with Gasteiger partial charge < -0.3 is 15.0 Å². The molecule has 2 aromatic heterocycles. The lowest BCUT2D eigenvalue weighted by Crippen LogP contribution is -2.28. The van der Waals surface area contributed by atoms with Crippen LogP contribution in [0.2, 0.25) is 0 Å². The molecule has 1 amide bonds. The summed E-state index contributed by atoms with van der Waals surface area (Å²) in [5.41, 5.74) is 2.55. The number of aliphatic hydroxyl groups is 1. The molecule has 1 atom stereocenters. The number of hydrogen-bond acceptors (Lipinski definition) is 3. The molecule has 0 aliphatic heterocycles. The van der Waals surface area contributed by atoms with Crippen molar-refractivity contribution in [2.75, 3.05) is 6.54 Å². The predicted octanol–water partition coefficient (Wildman–Crippen LogP) is 2.70. The van der Waals surface area contributed by atoms with E-state index in [0.29, 0.717) is 5.56 Å². The van der Waals surface area contributed by atoms with E-state index in [1.165, 1.54) is 11.3 Å². The van der Waals surface area contributed by atoms with Gasteiger partial charge in [0.2, 0.25) is 0 Å². The number of amides is 1. The Bertz CT molecular complexity index is 762. The molecule has 3 rings (SSSR count). The average molecular weight is 300 g/mol. The third-order valence-electron chi connectivity index (χ3n) is 3.53. The number of carbonyl (C=O) groups excluding carboxylic acids is 1. The van der Waals surface area contributed by atoms with Crippen LogP contribution in [0.4, 0.5) is 0 Å². The lowest BCUT2D eigenvalue weighted by molar-refractivity contribution is 0.0917. The molecule has 0 spiro atoms. The molecule has 0 fully saturated rings. The summed E-state index contributed by atoms with van der Waals surface area (Å²) in [5.74, 6) is -0.156. The van der Waals surface area contributed by atoms with E-state index in [0.717, 1.165) is 16.5 Å². The van der Waals surface area contributed by atoms with Gasteiger partial charge in [0.05, 0.1) is 6.10 Å². The van der Waals surface area contributed by atoms with Gasteiger partial charge in [-0.15, -0.1) is 0 Å². The standard InChI is InChI=1S/C16H16N2O2S/c1-18-6-4-11-8-12(2-3-14(11)18)15(19)9-17-16(20)13-5-7-21-10-13/h2-8,10,15,19H,9H2,1H3,(H,17,20)/t15-/m1/s1. The van der Waals surface area contributed by atoms with Gasteiger partial charge in [0.25, 0.3) is 5.91 Å². The average Bonchev–Trinajstić information content (AvgIpc) is 3.14. The van der Waals surface area contributed by atoms with E-state index in [2.05, 4.69) is 5.32 Å². The second kappa shape index (κ2) is 5.71. The summed E-state index contributed by atoms with van der Waals surface area (Å²) < 4.78 is 2.03. The Morgan fingerprint density at radius 1 is 1.38 bits per heavy atom. The van der Waals surface area contributed by atoms with Crippen molar-refractivity contribution in [3.8, 4) is 0 Å². The van der Waals surface area contributed by atoms with Crippen LogP contribution in [-0.4, -0.2) is 22.1 Å². The Balaban J connectivity index is 1.69. The first-order valence-corrected chi connectivity index (χ1v) is 7.63. The smallest absolute Gasteiger partial charge is 0.252 e. The van der Waals surface area contributed by atoms with Crippen molar-refractivity contribution in [2.45, 2.75) is 6.10 Å². The van der Waals surface area contributed by atoms with Gasteiger partial charge in [-0.3, -0.25) is 4.79 Å². The number of thiophene rings is 1. The number of rotatable bonds is 4. The molecule has 0 saturated heterocycles. The zero-order valence-electron chi connectivity index (χ0n) is 11.6. The van der Waals surface area contributed by atoms with Crippen molar-refractivity contribution in [1.82, 2.24) is 9.88 Å². The number of aryl methyl sites for hydroxylation is 1. The molecule has 108 valence electrons. The Morgan fingerprint density at radius 3 is 3.00 bits per heavy atom. The van der Waals surface area contributed by atoms with Crippen LogP contribution in [-0.2, 0) is 7.05 Å². The van der Waals surface area contributed by atoms with Crippen LogP contribution in [0.3, 0.4) is 0 Å². The summed E-state index contributed by atoms with van der Waals surface area (Å²) in [4.78, 5) is 11.8. The lowest BCUT2D eigenvalue weighted by atomic mass is 10.1. The van der Waals surface area contributed by atoms with Gasteiger partial charge in [0.1, 0.15) is 0 Å². The summed E-state index contributed by atoms with van der Waals surface area (Å²) in [6.07, 6.45) is 1.27. The first-order valence-electron chi connectivity index (χ1n) is 6.68. The Labute approximate surface area is 126 Å². The van der Waals surface area contributed by atoms with Gasteiger partial charge in [-0.25, -0.2) is 0 Å². The van der Waals surface area contributed by atoms with Gasteiger partial charge in [-0.2, -0.15) is 11.3 Å². The number of hydrogen-bond donors (Lipinski definition) is 2. The minimum atomic E-state index is -0.711. The highest BCUT2D eigenvalue weighted by Crippen LogP contribution is 2.20. The highest BCUT2D eigenvalue weighted by Gasteiger charge is 2.12. The molecule has 1 aromatic carbocycles. The fraction of sp³-hybridized carbons (Fsp3) is 0.188. The molecule has 4 nitrogen and oxygen atoms in total. The highest BCUT2D eigenvalue weighted by molar-refractivity contribution is 7.08. The number of nitrogens with zero attached hydrogens (tertiary/aromatic N) is 1. The normalized spacial score (nSPS) is 12.5. The van der Waals surface area contributed by atoms with Crippen molar-refractivity contribution in [2.24, 2.45) is 7.05 Å². The molecule has 2 heterocycles. The van der Waals surface area contributed by atoms with Gasteiger partial charge >= 0.3 is 0 Å². The first kappa shape index (κ1) is 13.9. The topological polar surface area (TPSA) is 54.3 Å². The number of carbonyl (C=O) groups is 1. The lowest BCUT2D eigenvalue weighted by Gasteiger charge is -2.12. The molecule has 0 saturated carbocycles. The Hall–Kier alpha value is -2.11. The molecule has 0 aliphatic carbocycles. The quantitative estimate of drug-likeness (QED) is 0.778. The maximum absolute atomic E-state index is 11.8. The van der Waals surface area contributed by atoms with Crippen LogP contribution in [0.5, 0.6) is 0 Å². The van der Waals surface area contributed by atoms with Crippen LogP contribution in [0.15, 0.2) is 47.3 Å². The number of benzene rings is 1. The van der Waals surface area contributed by atoms with E-state index in [-0.39, 0.29) is 12.5 Å². The second-order valence-corrected chi connectivity index (χ2v) is 5.76. The molecule has 3 aromatic rings. The van der Waals surface area contributed by atoms with Gasteiger partial charge in [-0.1, -0.05) is 6.07 Å². The molecular formula is C16H16N2O2S. The number of aliphatic hydroxyl groups excluding tert-OH is 1. The van der Waals surface area contributed by atoms with Crippen LogP contribution >= 0.6 is 11.3 Å². The zero-order chi connectivity index (χ0) is 14.8. The molecule has 0 radical (unpaired) electrons. The molecule has 0 bridgehead atoms. The molecule has 5 heteroatoms. The SMILES string of the molecule is Cn1ccc2cc([C@H](O)CNC(=O)c3ccsc3)ccc21. The van der Waals surface area contributed by atoms with Crippen molar-refractivity contribution >= 4 is 28.1 Å². The monoisotopic (exact) mass is 300 g/mol. The second-order valence-electron chi connectivity index (χ2n) is 4.98. The van der Waals surface area contributed by atoms with E-state index in [1.54, 1.807) is 11.4 Å². The number of aromatic nitrogens is 1. The van der Waals surface area contributed by atoms with E-state index >= 15 is 0 Å². The van der Waals surface area contributed by atoms with Crippen molar-refractivity contribution in [3.63, 3.8) is 0 Å². The molecule has 21 heavy (non-hydrogen) atoms. The number of fused-ring (bicyclic) bond motifs is 1.